The van der Waals surface area contributed by atoms with Gasteiger partial charge in [-0.15, -0.1) is 0 Å². The van der Waals surface area contributed by atoms with E-state index in [1.165, 1.54) is 24.3 Å². The Bertz CT molecular complexity index is 685. The molecule has 2 rings (SSSR count). The molecule has 2 aromatic rings. The van der Waals surface area contributed by atoms with Crippen molar-refractivity contribution in [3.8, 4) is 5.75 Å². The molecule has 0 saturated heterocycles. The Labute approximate surface area is 123 Å². The lowest BCUT2D eigenvalue weighted by Gasteiger charge is -2.06. The van der Waals surface area contributed by atoms with Crippen LogP contribution in [0.1, 0.15) is 15.9 Å². The molecule has 0 bridgehead atoms. The van der Waals surface area contributed by atoms with Crippen LogP contribution in [-0.4, -0.2) is 10.9 Å². The molecule has 0 N–H and O–H groups in total. The topological polar surface area (TPSA) is 69.4 Å². The van der Waals surface area contributed by atoms with Gasteiger partial charge in [0.05, 0.1) is 10.5 Å². The van der Waals surface area contributed by atoms with Crippen LogP contribution in [0.25, 0.3) is 0 Å². The van der Waals surface area contributed by atoms with Gasteiger partial charge in [0.2, 0.25) is 0 Å². The highest BCUT2D eigenvalue weighted by molar-refractivity contribution is 9.10. The zero-order valence-corrected chi connectivity index (χ0v) is 12.1. The molecular formula is C14H10BrNO4. The van der Waals surface area contributed by atoms with Crippen LogP contribution in [0.3, 0.4) is 0 Å². The number of hydrogen-bond donors (Lipinski definition) is 0. The number of esters is 1. The molecule has 6 heteroatoms. The summed E-state index contributed by atoms with van der Waals surface area (Å²) >= 11 is 3.35. The first-order chi connectivity index (χ1) is 9.47. The van der Waals surface area contributed by atoms with Crippen LogP contribution in [0.5, 0.6) is 5.75 Å². The van der Waals surface area contributed by atoms with Crippen molar-refractivity contribution >= 4 is 27.6 Å². The molecule has 0 amide bonds. The van der Waals surface area contributed by atoms with E-state index < -0.39 is 10.9 Å². The Balaban J connectivity index is 2.21. The summed E-state index contributed by atoms with van der Waals surface area (Å²) in [5.74, 6) is -0.238. The molecular weight excluding hydrogens is 326 g/mol. The highest BCUT2D eigenvalue weighted by atomic mass is 79.9. The molecule has 20 heavy (non-hydrogen) atoms. The van der Waals surface area contributed by atoms with Crippen molar-refractivity contribution < 1.29 is 14.5 Å². The maximum Gasteiger partial charge on any atom is 0.343 e. The van der Waals surface area contributed by atoms with Crippen LogP contribution < -0.4 is 4.74 Å². The Morgan fingerprint density at radius 3 is 2.65 bits per heavy atom. The lowest BCUT2D eigenvalue weighted by Crippen LogP contribution is -2.08. The van der Waals surface area contributed by atoms with Crippen molar-refractivity contribution in [2.24, 2.45) is 0 Å². The van der Waals surface area contributed by atoms with Crippen molar-refractivity contribution in [1.29, 1.82) is 0 Å². The Morgan fingerprint density at radius 1 is 1.25 bits per heavy atom. The van der Waals surface area contributed by atoms with Gasteiger partial charge in [0.15, 0.2) is 0 Å². The van der Waals surface area contributed by atoms with Gasteiger partial charge in [0, 0.05) is 16.6 Å². The number of non-ortho nitro benzene ring substituents is 1. The Kier molecular flexibility index (Phi) is 4.14. The number of nitrogens with zero attached hydrogens (tertiary/aromatic N) is 1. The highest BCUT2D eigenvalue weighted by Crippen LogP contribution is 2.23. The van der Waals surface area contributed by atoms with E-state index in [4.69, 9.17) is 4.74 Å². The van der Waals surface area contributed by atoms with E-state index in [-0.39, 0.29) is 11.3 Å². The zero-order chi connectivity index (χ0) is 14.7. The lowest BCUT2D eigenvalue weighted by molar-refractivity contribution is -0.384. The molecule has 0 unspecified atom stereocenters. The largest absolute Gasteiger partial charge is 0.423 e. The van der Waals surface area contributed by atoms with Crippen molar-refractivity contribution in [3.05, 3.63) is 68.2 Å². The van der Waals surface area contributed by atoms with Gasteiger partial charge in [-0.1, -0.05) is 22.0 Å². The summed E-state index contributed by atoms with van der Waals surface area (Å²) < 4.78 is 6.10. The standard InChI is InChI=1S/C14H10BrNO4/c1-9-7-12(5-6-13(9)15)20-14(17)10-3-2-4-11(8-10)16(18)19/h2-8H,1H3. The molecule has 0 radical (unpaired) electrons. The van der Waals surface area contributed by atoms with Gasteiger partial charge in [0.1, 0.15) is 5.75 Å². The van der Waals surface area contributed by atoms with E-state index >= 15 is 0 Å². The lowest BCUT2D eigenvalue weighted by atomic mass is 10.2. The van der Waals surface area contributed by atoms with Crippen molar-refractivity contribution in [3.63, 3.8) is 0 Å². The fraction of sp³-hybridized carbons (Fsp3) is 0.0714. The van der Waals surface area contributed by atoms with Gasteiger partial charge in [-0.2, -0.15) is 0 Å². The van der Waals surface area contributed by atoms with Gasteiger partial charge in [0.25, 0.3) is 5.69 Å². The minimum absolute atomic E-state index is 0.139. The quantitative estimate of drug-likeness (QED) is 0.369. The summed E-state index contributed by atoms with van der Waals surface area (Å²) in [4.78, 5) is 22.0. The maximum absolute atomic E-state index is 11.9. The minimum atomic E-state index is -0.629. The van der Waals surface area contributed by atoms with E-state index in [2.05, 4.69) is 15.9 Å². The number of carbonyl (C=O) groups is 1. The molecule has 0 heterocycles. The van der Waals surface area contributed by atoms with E-state index in [9.17, 15) is 14.9 Å². The SMILES string of the molecule is Cc1cc(OC(=O)c2cccc([N+](=O)[O-])c2)ccc1Br. The number of carbonyl (C=O) groups excluding carboxylic acids is 1. The highest BCUT2D eigenvalue weighted by Gasteiger charge is 2.13. The maximum atomic E-state index is 11.9. The predicted octanol–water partition coefficient (Wildman–Crippen LogP) is 3.88. The Morgan fingerprint density at radius 2 is 2.00 bits per heavy atom. The molecule has 102 valence electrons. The summed E-state index contributed by atoms with van der Waals surface area (Å²) in [6, 6.07) is 10.5. The molecule has 5 nitrogen and oxygen atoms in total. The van der Waals surface area contributed by atoms with Crippen LogP contribution in [0.4, 0.5) is 5.69 Å². The third kappa shape index (κ3) is 3.21. The average molecular weight is 336 g/mol. The fourth-order valence-corrected chi connectivity index (χ4v) is 1.84. The van der Waals surface area contributed by atoms with Gasteiger partial charge in [-0.3, -0.25) is 10.1 Å². The molecule has 0 aromatic heterocycles. The normalized spacial score (nSPS) is 10.1. The first-order valence-electron chi connectivity index (χ1n) is 5.70. The third-order valence-corrected chi connectivity index (χ3v) is 3.52. The molecule has 0 saturated carbocycles. The molecule has 0 aliphatic heterocycles. The number of hydrogen-bond acceptors (Lipinski definition) is 4. The van der Waals surface area contributed by atoms with Crippen LogP contribution in [0.15, 0.2) is 46.9 Å². The van der Waals surface area contributed by atoms with Gasteiger partial charge in [-0.05, 0) is 36.8 Å². The minimum Gasteiger partial charge on any atom is -0.423 e. The zero-order valence-electron chi connectivity index (χ0n) is 10.5. The molecule has 0 spiro atoms. The van der Waals surface area contributed by atoms with E-state index in [0.717, 1.165) is 10.0 Å². The van der Waals surface area contributed by atoms with Gasteiger partial charge in [-0.25, -0.2) is 4.79 Å². The number of rotatable bonds is 3. The van der Waals surface area contributed by atoms with Gasteiger partial charge < -0.3 is 4.74 Å². The molecule has 0 atom stereocenters. The molecule has 0 aliphatic carbocycles. The van der Waals surface area contributed by atoms with Crippen molar-refractivity contribution in [2.75, 3.05) is 0 Å². The first-order valence-corrected chi connectivity index (χ1v) is 6.49. The summed E-state index contributed by atoms with van der Waals surface area (Å²) in [6.07, 6.45) is 0. The van der Waals surface area contributed by atoms with Crippen LogP contribution in [-0.2, 0) is 0 Å². The molecule has 2 aromatic carbocycles. The summed E-state index contributed by atoms with van der Waals surface area (Å²) in [5.41, 5.74) is 0.917. The van der Waals surface area contributed by atoms with Crippen molar-refractivity contribution in [1.82, 2.24) is 0 Å². The van der Waals surface area contributed by atoms with E-state index in [1.54, 1.807) is 18.2 Å². The average Bonchev–Trinajstić information content (AvgIpc) is 2.43. The third-order valence-electron chi connectivity index (χ3n) is 2.63. The number of aryl methyl sites for hydroxylation is 1. The smallest absolute Gasteiger partial charge is 0.343 e. The fourth-order valence-electron chi connectivity index (χ4n) is 1.59. The summed E-state index contributed by atoms with van der Waals surface area (Å²) in [5, 5.41) is 10.7. The number of benzene rings is 2. The summed E-state index contributed by atoms with van der Waals surface area (Å²) in [7, 11) is 0. The molecule has 0 aliphatic rings. The number of nitro benzene ring substituents is 1. The second-order valence-corrected chi connectivity index (χ2v) is 4.96. The van der Waals surface area contributed by atoms with Crippen molar-refractivity contribution in [2.45, 2.75) is 6.92 Å². The van der Waals surface area contributed by atoms with Crippen LogP contribution >= 0.6 is 15.9 Å². The second kappa shape index (κ2) is 5.83. The number of halogens is 1. The van der Waals surface area contributed by atoms with E-state index in [0.29, 0.717) is 5.75 Å². The Hall–Kier alpha value is -2.21. The summed E-state index contributed by atoms with van der Waals surface area (Å²) in [6.45, 7) is 1.87. The van der Waals surface area contributed by atoms with Gasteiger partial charge >= 0.3 is 5.97 Å². The number of ether oxygens (including phenoxy) is 1. The predicted molar refractivity (Wildman–Crippen MR) is 76.9 cm³/mol. The van der Waals surface area contributed by atoms with Crippen LogP contribution in [0.2, 0.25) is 0 Å². The monoisotopic (exact) mass is 335 g/mol. The first kappa shape index (κ1) is 14.2. The van der Waals surface area contributed by atoms with Crippen LogP contribution in [0, 0.1) is 17.0 Å². The number of nitro groups is 1. The van der Waals surface area contributed by atoms with E-state index in [1.807, 2.05) is 6.92 Å². The molecule has 0 fully saturated rings. The second-order valence-electron chi connectivity index (χ2n) is 4.11.